The van der Waals surface area contributed by atoms with Crippen LogP contribution >= 0.6 is 0 Å². The van der Waals surface area contributed by atoms with Gasteiger partial charge in [0.2, 0.25) is 0 Å². The summed E-state index contributed by atoms with van der Waals surface area (Å²) in [6.45, 7) is 13.3. The Morgan fingerprint density at radius 2 is 1.45 bits per heavy atom. The van der Waals surface area contributed by atoms with Crippen molar-refractivity contribution in [3.63, 3.8) is 0 Å². The Balaban J connectivity index is 1.55. The van der Waals surface area contributed by atoms with Crippen LogP contribution in [0.5, 0.6) is 0 Å². The van der Waals surface area contributed by atoms with E-state index in [1.165, 1.54) is 16.5 Å². The van der Waals surface area contributed by atoms with Crippen LogP contribution in [0.4, 0.5) is 4.39 Å². The van der Waals surface area contributed by atoms with E-state index in [-0.39, 0.29) is 16.6 Å². The van der Waals surface area contributed by atoms with Gasteiger partial charge in [0.1, 0.15) is 11.9 Å². The summed E-state index contributed by atoms with van der Waals surface area (Å²) in [6, 6.07) is 30.3. The Bertz CT molecular complexity index is 1740. The van der Waals surface area contributed by atoms with Crippen LogP contribution in [-0.4, -0.2) is 4.98 Å². The second-order valence-corrected chi connectivity index (χ2v) is 12.9. The van der Waals surface area contributed by atoms with Gasteiger partial charge in [-0.1, -0.05) is 102 Å². The van der Waals surface area contributed by atoms with Gasteiger partial charge in [-0.3, -0.25) is 4.98 Å². The summed E-state index contributed by atoms with van der Waals surface area (Å²) in [5.74, 6) is -0.362. The van der Waals surface area contributed by atoms with Gasteiger partial charge in [0.15, 0.2) is 0 Å². The molecule has 0 saturated carbocycles. The molecule has 0 aliphatic heterocycles. The SMILES string of the molecule is CC(C)(C)Cc1ccc(-c2ccc(-c3cc(-c4cc(C(C)(C)C)c5ccccc5c4)ncc3C#N)c(F)c2)cc1. The van der Waals surface area contributed by atoms with Gasteiger partial charge in [0.25, 0.3) is 0 Å². The van der Waals surface area contributed by atoms with E-state index in [1.54, 1.807) is 18.3 Å². The standard InChI is InChI=1S/C37H35FN2/c1-36(2,3)21-24-11-13-25(14-12-24)26-15-16-31(34(38)19-26)32-20-35(40-23-29(32)22-39)28-17-27-9-7-8-10-30(27)33(18-28)37(4,5)6/h7-20,23H,21H2,1-6H3. The van der Waals surface area contributed by atoms with E-state index >= 15 is 4.39 Å². The number of halogens is 1. The number of benzene rings is 4. The van der Waals surface area contributed by atoms with Gasteiger partial charge in [-0.2, -0.15) is 5.26 Å². The number of rotatable bonds is 4. The summed E-state index contributed by atoms with van der Waals surface area (Å²) in [4.78, 5) is 4.62. The Morgan fingerprint density at radius 1 is 0.750 bits per heavy atom. The van der Waals surface area contributed by atoms with Crippen molar-refractivity contribution in [2.75, 3.05) is 0 Å². The van der Waals surface area contributed by atoms with E-state index in [9.17, 15) is 5.26 Å². The van der Waals surface area contributed by atoms with Crippen molar-refractivity contribution in [2.45, 2.75) is 53.4 Å². The van der Waals surface area contributed by atoms with Gasteiger partial charge in [-0.25, -0.2) is 4.39 Å². The lowest BCUT2D eigenvalue weighted by Gasteiger charge is -2.23. The van der Waals surface area contributed by atoms with Gasteiger partial charge >= 0.3 is 0 Å². The molecule has 5 aromatic rings. The smallest absolute Gasteiger partial charge is 0.131 e. The molecule has 0 bridgehead atoms. The second-order valence-electron chi connectivity index (χ2n) is 12.9. The number of fused-ring (bicyclic) bond motifs is 1. The molecule has 1 aromatic heterocycles. The predicted octanol–water partition coefficient (Wildman–Crippen LogP) is 10.1. The normalized spacial score (nSPS) is 11.9. The molecule has 200 valence electrons. The zero-order valence-corrected chi connectivity index (χ0v) is 24.1. The number of hydrogen-bond donors (Lipinski definition) is 0. The first kappa shape index (κ1) is 27.3. The summed E-state index contributed by atoms with van der Waals surface area (Å²) >= 11 is 0. The Hall–Kier alpha value is -4.29. The van der Waals surface area contributed by atoms with E-state index in [0.717, 1.165) is 28.5 Å². The minimum atomic E-state index is -0.362. The number of nitrogens with zero attached hydrogens (tertiary/aromatic N) is 2. The van der Waals surface area contributed by atoms with Crippen molar-refractivity contribution in [1.82, 2.24) is 4.98 Å². The van der Waals surface area contributed by atoms with Crippen molar-refractivity contribution in [3.05, 3.63) is 114 Å². The largest absolute Gasteiger partial charge is 0.255 e. The average molecular weight is 527 g/mol. The maximum Gasteiger partial charge on any atom is 0.131 e. The molecule has 0 fully saturated rings. The summed E-state index contributed by atoms with van der Waals surface area (Å²) in [5, 5.41) is 12.2. The molecular formula is C37H35FN2. The second kappa shape index (κ2) is 10.4. The molecular weight excluding hydrogens is 491 g/mol. The number of nitriles is 1. The molecule has 0 spiro atoms. The molecule has 0 aliphatic rings. The molecule has 0 amide bonds. The highest BCUT2D eigenvalue weighted by Gasteiger charge is 2.20. The number of pyridine rings is 1. The first-order chi connectivity index (χ1) is 18.9. The Kier molecular flexibility index (Phi) is 7.06. The predicted molar refractivity (Wildman–Crippen MR) is 165 cm³/mol. The highest BCUT2D eigenvalue weighted by molar-refractivity contribution is 5.91. The van der Waals surface area contributed by atoms with E-state index in [0.29, 0.717) is 22.4 Å². The molecule has 0 atom stereocenters. The fourth-order valence-corrected chi connectivity index (χ4v) is 5.34. The first-order valence-electron chi connectivity index (χ1n) is 13.8. The zero-order valence-electron chi connectivity index (χ0n) is 24.1. The zero-order chi connectivity index (χ0) is 28.7. The summed E-state index contributed by atoms with van der Waals surface area (Å²) < 4.78 is 15.7. The van der Waals surface area contributed by atoms with Gasteiger partial charge in [-0.15, -0.1) is 0 Å². The van der Waals surface area contributed by atoms with Crippen LogP contribution in [0.25, 0.3) is 44.3 Å². The topological polar surface area (TPSA) is 36.7 Å². The monoisotopic (exact) mass is 526 g/mol. The minimum absolute atomic E-state index is 0.0715. The van der Waals surface area contributed by atoms with Crippen molar-refractivity contribution in [3.8, 4) is 39.6 Å². The van der Waals surface area contributed by atoms with Crippen LogP contribution in [0.15, 0.2) is 91.1 Å². The van der Waals surface area contributed by atoms with Gasteiger partial charge in [0.05, 0.1) is 11.3 Å². The fraction of sp³-hybridized carbons (Fsp3) is 0.243. The van der Waals surface area contributed by atoms with Crippen molar-refractivity contribution < 1.29 is 4.39 Å². The fourth-order valence-electron chi connectivity index (χ4n) is 5.34. The lowest BCUT2D eigenvalue weighted by molar-refractivity contribution is 0.411. The third-order valence-corrected chi connectivity index (χ3v) is 7.27. The van der Waals surface area contributed by atoms with Crippen LogP contribution < -0.4 is 0 Å². The highest BCUT2D eigenvalue weighted by atomic mass is 19.1. The van der Waals surface area contributed by atoms with E-state index in [1.807, 2.05) is 30.3 Å². The Labute approximate surface area is 237 Å². The van der Waals surface area contributed by atoms with Crippen molar-refractivity contribution in [1.29, 1.82) is 5.26 Å². The maximum atomic E-state index is 15.7. The number of aromatic nitrogens is 1. The molecule has 0 N–H and O–H groups in total. The summed E-state index contributed by atoms with van der Waals surface area (Å²) in [6.07, 6.45) is 2.54. The van der Waals surface area contributed by atoms with E-state index in [4.69, 9.17) is 0 Å². The van der Waals surface area contributed by atoms with E-state index < -0.39 is 0 Å². The summed E-state index contributed by atoms with van der Waals surface area (Å²) in [7, 11) is 0. The summed E-state index contributed by atoms with van der Waals surface area (Å²) in [5.41, 5.74) is 7.33. The van der Waals surface area contributed by atoms with Crippen LogP contribution in [0, 0.1) is 22.6 Å². The molecule has 0 saturated heterocycles. The maximum absolute atomic E-state index is 15.7. The molecule has 0 aliphatic carbocycles. The van der Waals surface area contributed by atoms with Crippen LogP contribution in [0.3, 0.4) is 0 Å². The molecule has 40 heavy (non-hydrogen) atoms. The molecule has 3 heteroatoms. The van der Waals surface area contributed by atoms with Crippen LogP contribution in [-0.2, 0) is 11.8 Å². The molecule has 0 radical (unpaired) electrons. The highest BCUT2D eigenvalue weighted by Crippen LogP contribution is 2.37. The van der Waals surface area contributed by atoms with Crippen molar-refractivity contribution >= 4 is 10.8 Å². The quantitative estimate of drug-likeness (QED) is 0.234. The lowest BCUT2D eigenvalue weighted by Crippen LogP contribution is -2.12. The Morgan fingerprint density at radius 3 is 2.10 bits per heavy atom. The average Bonchev–Trinajstić information content (AvgIpc) is 2.91. The van der Waals surface area contributed by atoms with Gasteiger partial charge in [-0.05, 0) is 74.5 Å². The third-order valence-electron chi connectivity index (χ3n) is 7.27. The minimum Gasteiger partial charge on any atom is -0.255 e. The lowest BCUT2D eigenvalue weighted by atomic mass is 9.82. The van der Waals surface area contributed by atoms with Crippen molar-refractivity contribution in [2.24, 2.45) is 5.41 Å². The molecule has 4 aromatic carbocycles. The van der Waals surface area contributed by atoms with Gasteiger partial charge in [0, 0.05) is 22.9 Å². The van der Waals surface area contributed by atoms with Crippen LogP contribution in [0.2, 0.25) is 0 Å². The van der Waals surface area contributed by atoms with Crippen LogP contribution in [0.1, 0.15) is 58.2 Å². The molecule has 0 unspecified atom stereocenters. The molecule has 1 heterocycles. The molecule has 2 nitrogen and oxygen atoms in total. The number of hydrogen-bond acceptors (Lipinski definition) is 2. The first-order valence-corrected chi connectivity index (χ1v) is 13.8. The molecule has 5 rings (SSSR count). The van der Waals surface area contributed by atoms with E-state index in [2.05, 4.69) is 95.1 Å². The third kappa shape index (κ3) is 5.68. The van der Waals surface area contributed by atoms with Gasteiger partial charge < -0.3 is 0 Å².